The smallest absolute Gasteiger partial charge is 0.255 e. The zero-order chi connectivity index (χ0) is 19.2. The Bertz CT molecular complexity index is 968. The number of anilines is 2. The fourth-order valence-corrected chi connectivity index (χ4v) is 2.58. The SMILES string of the molecule is CC(=O)Nc1ccc(C)cc1NC(=O)c1cccc(Oc2ccccc2)c1. The van der Waals surface area contributed by atoms with Gasteiger partial charge >= 0.3 is 0 Å². The number of amides is 2. The zero-order valence-corrected chi connectivity index (χ0v) is 15.2. The van der Waals surface area contributed by atoms with E-state index in [-0.39, 0.29) is 11.8 Å². The average molecular weight is 360 g/mol. The first kappa shape index (κ1) is 18.2. The van der Waals surface area contributed by atoms with E-state index in [1.54, 1.807) is 30.3 Å². The van der Waals surface area contributed by atoms with Gasteiger partial charge in [0.1, 0.15) is 11.5 Å². The number of ether oxygens (including phenoxy) is 1. The molecule has 0 radical (unpaired) electrons. The molecule has 0 spiro atoms. The van der Waals surface area contributed by atoms with E-state index in [1.807, 2.05) is 49.4 Å². The molecule has 5 heteroatoms. The molecule has 5 nitrogen and oxygen atoms in total. The fraction of sp³-hybridized carbons (Fsp3) is 0.0909. The van der Waals surface area contributed by atoms with Crippen LogP contribution in [0.5, 0.6) is 11.5 Å². The van der Waals surface area contributed by atoms with Crippen molar-refractivity contribution in [2.24, 2.45) is 0 Å². The number of benzene rings is 3. The number of para-hydroxylation sites is 1. The average Bonchev–Trinajstić information content (AvgIpc) is 2.65. The topological polar surface area (TPSA) is 67.4 Å². The molecule has 136 valence electrons. The third-order valence-corrected chi connectivity index (χ3v) is 3.81. The van der Waals surface area contributed by atoms with Gasteiger partial charge in [-0.05, 0) is 55.0 Å². The summed E-state index contributed by atoms with van der Waals surface area (Å²) in [5, 5.41) is 5.58. The van der Waals surface area contributed by atoms with Crippen LogP contribution >= 0.6 is 0 Å². The van der Waals surface area contributed by atoms with Crippen LogP contribution in [0.3, 0.4) is 0 Å². The Morgan fingerprint density at radius 1 is 0.778 bits per heavy atom. The van der Waals surface area contributed by atoms with Gasteiger partial charge in [-0.1, -0.05) is 30.3 Å². The molecule has 27 heavy (non-hydrogen) atoms. The summed E-state index contributed by atoms with van der Waals surface area (Å²) in [6.07, 6.45) is 0. The van der Waals surface area contributed by atoms with Gasteiger partial charge in [-0.3, -0.25) is 9.59 Å². The first-order valence-corrected chi connectivity index (χ1v) is 8.54. The fourth-order valence-electron chi connectivity index (χ4n) is 2.58. The van der Waals surface area contributed by atoms with E-state index in [0.29, 0.717) is 28.4 Å². The normalized spacial score (nSPS) is 10.1. The Balaban J connectivity index is 1.80. The van der Waals surface area contributed by atoms with Crippen LogP contribution in [0.1, 0.15) is 22.8 Å². The predicted octanol–water partition coefficient (Wildman–Crippen LogP) is 5.00. The molecule has 0 saturated carbocycles. The Morgan fingerprint density at radius 3 is 2.26 bits per heavy atom. The third kappa shape index (κ3) is 4.95. The van der Waals surface area contributed by atoms with Crippen molar-refractivity contribution in [2.75, 3.05) is 10.6 Å². The van der Waals surface area contributed by atoms with Crippen molar-refractivity contribution < 1.29 is 14.3 Å². The first-order valence-electron chi connectivity index (χ1n) is 8.54. The van der Waals surface area contributed by atoms with Crippen molar-refractivity contribution in [2.45, 2.75) is 13.8 Å². The first-order chi connectivity index (χ1) is 13.0. The lowest BCUT2D eigenvalue weighted by molar-refractivity contribution is -0.114. The second-order valence-corrected chi connectivity index (χ2v) is 6.13. The van der Waals surface area contributed by atoms with Crippen LogP contribution in [0.15, 0.2) is 72.8 Å². The quantitative estimate of drug-likeness (QED) is 0.673. The van der Waals surface area contributed by atoms with Gasteiger partial charge in [0.05, 0.1) is 11.4 Å². The summed E-state index contributed by atoms with van der Waals surface area (Å²) in [5.41, 5.74) is 2.53. The third-order valence-electron chi connectivity index (χ3n) is 3.81. The molecule has 0 bridgehead atoms. The molecule has 2 amide bonds. The Labute approximate surface area is 158 Å². The summed E-state index contributed by atoms with van der Waals surface area (Å²) in [6, 6.07) is 21.8. The molecular formula is C22H20N2O3. The lowest BCUT2D eigenvalue weighted by atomic mass is 10.1. The number of nitrogens with one attached hydrogen (secondary N) is 2. The van der Waals surface area contributed by atoms with Crippen molar-refractivity contribution >= 4 is 23.2 Å². The van der Waals surface area contributed by atoms with Gasteiger partial charge < -0.3 is 15.4 Å². The van der Waals surface area contributed by atoms with Crippen LogP contribution < -0.4 is 15.4 Å². The van der Waals surface area contributed by atoms with Crippen molar-refractivity contribution in [1.82, 2.24) is 0 Å². The van der Waals surface area contributed by atoms with E-state index >= 15 is 0 Å². The highest BCUT2D eigenvalue weighted by Gasteiger charge is 2.11. The van der Waals surface area contributed by atoms with Crippen LogP contribution in [0.4, 0.5) is 11.4 Å². The monoisotopic (exact) mass is 360 g/mol. The summed E-state index contributed by atoms with van der Waals surface area (Å²) < 4.78 is 5.78. The van der Waals surface area contributed by atoms with E-state index in [2.05, 4.69) is 10.6 Å². The summed E-state index contributed by atoms with van der Waals surface area (Å²) in [6.45, 7) is 3.34. The van der Waals surface area contributed by atoms with E-state index in [4.69, 9.17) is 4.74 Å². The lowest BCUT2D eigenvalue weighted by Gasteiger charge is -2.13. The number of carbonyl (C=O) groups is 2. The minimum absolute atomic E-state index is 0.201. The molecule has 2 N–H and O–H groups in total. The molecule has 0 aliphatic heterocycles. The van der Waals surface area contributed by atoms with Crippen LogP contribution in [0.2, 0.25) is 0 Å². The van der Waals surface area contributed by atoms with E-state index in [1.165, 1.54) is 6.92 Å². The second kappa shape index (κ2) is 8.19. The maximum atomic E-state index is 12.7. The van der Waals surface area contributed by atoms with Crippen molar-refractivity contribution in [3.63, 3.8) is 0 Å². The molecule has 0 atom stereocenters. The maximum Gasteiger partial charge on any atom is 0.255 e. The molecule has 0 heterocycles. The highest BCUT2D eigenvalue weighted by Crippen LogP contribution is 2.25. The molecule has 3 aromatic carbocycles. The Kier molecular flexibility index (Phi) is 5.52. The maximum absolute atomic E-state index is 12.7. The van der Waals surface area contributed by atoms with Crippen molar-refractivity contribution in [3.8, 4) is 11.5 Å². The van der Waals surface area contributed by atoms with Gasteiger partial charge in [0.25, 0.3) is 5.91 Å². The number of carbonyl (C=O) groups excluding carboxylic acids is 2. The number of rotatable bonds is 5. The van der Waals surface area contributed by atoms with Gasteiger partial charge in [-0.2, -0.15) is 0 Å². The van der Waals surface area contributed by atoms with Gasteiger partial charge in [-0.15, -0.1) is 0 Å². The lowest BCUT2D eigenvalue weighted by Crippen LogP contribution is -2.15. The largest absolute Gasteiger partial charge is 0.457 e. The molecule has 3 rings (SSSR count). The van der Waals surface area contributed by atoms with Gasteiger partial charge in [0.15, 0.2) is 0 Å². The molecule has 0 saturated heterocycles. The number of aryl methyl sites for hydroxylation is 1. The standard InChI is InChI=1S/C22H20N2O3/c1-15-11-12-20(23-16(2)25)21(13-15)24-22(26)17-7-6-10-19(14-17)27-18-8-4-3-5-9-18/h3-14H,1-2H3,(H,23,25)(H,24,26). The van der Waals surface area contributed by atoms with Gasteiger partial charge in [-0.25, -0.2) is 0 Å². The van der Waals surface area contributed by atoms with E-state index < -0.39 is 0 Å². The predicted molar refractivity (Wildman–Crippen MR) is 106 cm³/mol. The molecule has 0 fully saturated rings. The molecule has 3 aromatic rings. The van der Waals surface area contributed by atoms with E-state index in [9.17, 15) is 9.59 Å². The summed E-state index contributed by atoms with van der Waals surface area (Å²) in [5.74, 6) is 0.778. The molecule has 0 aliphatic carbocycles. The zero-order valence-electron chi connectivity index (χ0n) is 15.2. The highest BCUT2D eigenvalue weighted by atomic mass is 16.5. The summed E-state index contributed by atoms with van der Waals surface area (Å²) in [4.78, 5) is 24.1. The Morgan fingerprint density at radius 2 is 1.52 bits per heavy atom. The van der Waals surface area contributed by atoms with Crippen molar-refractivity contribution in [3.05, 3.63) is 83.9 Å². The van der Waals surface area contributed by atoms with Gasteiger partial charge in [0.2, 0.25) is 5.91 Å². The number of hydrogen-bond donors (Lipinski definition) is 2. The molecule has 0 unspecified atom stereocenters. The summed E-state index contributed by atoms with van der Waals surface area (Å²) >= 11 is 0. The molecule has 0 aliphatic rings. The highest BCUT2D eigenvalue weighted by molar-refractivity contribution is 6.07. The van der Waals surface area contributed by atoms with Crippen molar-refractivity contribution in [1.29, 1.82) is 0 Å². The van der Waals surface area contributed by atoms with Crippen LogP contribution in [-0.4, -0.2) is 11.8 Å². The van der Waals surface area contributed by atoms with Crippen LogP contribution in [0.25, 0.3) is 0 Å². The minimum atomic E-state index is -0.286. The second-order valence-electron chi connectivity index (χ2n) is 6.13. The van der Waals surface area contributed by atoms with E-state index in [0.717, 1.165) is 5.56 Å². The summed E-state index contributed by atoms with van der Waals surface area (Å²) in [7, 11) is 0. The minimum Gasteiger partial charge on any atom is -0.457 e. The van der Waals surface area contributed by atoms with Crippen LogP contribution in [0, 0.1) is 6.92 Å². The molecular weight excluding hydrogens is 340 g/mol. The van der Waals surface area contributed by atoms with Crippen LogP contribution in [-0.2, 0) is 4.79 Å². The Hall–Kier alpha value is -3.60. The van der Waals surface area contributed by atoms with Gasteiger partial charge in [0, 0.05) is 12.5 Å². The number of hydrogen-bond acceptors (Lipinski definition) is 3. The molecule has 0 aromatic heterocycles.